The average molecular weight is 287 g/mol. The summed E-state index contributed by atoms with van der Waals surface area (Å²) in [6, 6.07) is 14.1. The molecular weight excluding hydrogens is 273 g/mol. The van der Waals surface area contributed by atoms with E-state index in [4.69, 9.17) is 0 Å². The summed E-state index contributed by atoms with van der Waals surface area (Å²) in [7, 11) is 0. The van der Waals surface area contributed by atoms with Gasteiger partial charge in [-0.2, -0.15) is 0 Å². The van der Waals surface area contributed by atoms with Gasteiger partial charge in [0.15, 0.2) is 0 Å². The number of hydrogen-bond donors (Lipinski definition) is 2. The molecule has 102 valence electrons. The van der Waals surface area contributed by atoms with Crippen molar-refractivity contribution >= 4 is 27.1 Å². The highest BCUT2D eigenvalue weighted by atomic mass is 32.1. The van der Waals surface area contributed by atoms with Gasteiger partial charge in [-0.15, -0.1) is 11.3 Å². The number of anilines is 1. The summed E-state index contributed by atoms with van der Waals surface area (Å²) in [6.07, 6.45) is 0. The Labute approximate surface area is 120 Å². The molecule has 1 atom stereocenters. The monoisotopic (exact) mass is 287 g/mol. The van der Waals surface area contributed by atoms with Crippen LogP contribution in [0.15, 0.2) is 53.9 Å². The summed E-state index contributed by atoms with van der Waals surface area (Å²) in [5.74, 6) is -0.267. The Morgan fingerprint density at radius 3 is 2.60 bits per heavy atom. The summed E-state index contributed by atoms with van der Waals surface area (Å²) < 4.78 is 14.1. The van der Waals surface area contributed by atoms with Crippen LogP contribution in [0.25, 0.3) is 10.1 Å². The quantitative estimate of drug-likeness (QED) is 0.754. The van der Waals surface area contributed by atoms with Crippen LogP contribution in [-0.4, -0.2) is 11.7 Å². The molecular formula is C16H14FNOS. The van der Waals surface area contributed by atoms with Gasteiger partial charge in [0.25, 0.3) is 0 Å². The fourth-order valence-electron chi connectivity index (χ4n) is 2.24. The molecule has 1 aromatic heterocycles. The third-order valence-electron chi connectivity index (χ3n) is 3.25. The largest absolute Gasteiger partial charge is 0.394 e. The summed E-state index contributed by atoms with van der Waals surface area (Å²) in [5.41, 5.74) is 1.86. The molecule has 0 aliphatic carbocycles. The minimum atomic E-state index is -0.267. The fraction of sp³-hybridized carbons (Fsp3) is 0.125. The highest BCUT2D eigenvalue weighted by molar-refractivity contribution is 7.17. The molecule has 3 aromatic rings. The highest BCUT2D eigenvalue weighted by Crippen LogP contribution is 2.31. The van der Waals surface area contributed by atoms with Crippen molar-refractivity contribution in [2.24, 2.45) is 0 Å². The summed E-state index contributed by atoms with van der Waals surface area (Å²) in [6.45, 7) is -0.0158. The van der Waals surface area contributed by atoms with E-state index in [-0.39, 0.29) is 18.5 Å². The Morgan fingerprint density at radius 1 is 1.10 bits per heavy atom. The molecule has 0 bridgehead atoms. The van der Waals surface area contributed by atoms with Crippen molar-refractivity contribution < 1.29 is 9.50 Å². The van der Waals surface area contributed by atoms with E-state index >= 15 is 0 Å². The van der Waals surface area contributed by atoms with E-state index in [0.29, 0.717) is 0 Å². The zero-order chi connectivity index (χ0) is 13.9. The average Bonchev–Trinajstić information content (AvgIpc) is 2.91. The van der Waals surface area contributed by atoms with Gasteiger partial charge in [-0.05, 0) is 46.7 Å². The summed E-state index contributed by atoms with van der Waals surface area (Å²) >= 11 is 1.66. The van der Waals surface area contributed by atoms with Crippen LogP contribution < -0.4 is 5.32 Å². The highest BCUT2D eigenvalue weighted by Gasteiger charge is 2.14. The molecule has 0 amide bonds. The maximum absolute atomic E-state index is 12.9. The lowest BCUT2D eigenvalue weighted by molar-refractivity contribution is 0.277. The van der Waals surface area contributed by atoms with Gasteiger partial charge in [0.1, 0.15) is 5.82 Å². The number of thiophene rings is 1. The first-order chi connectivity index (χ1) is 9.78. The molecule has 1 heterocycles. The molecule has 0 radical (unpaired) electrons. The smallest absolute Gasteiger partial charge is 0.123 e. The first-order valence-electron chi connectivity index (χ1n) is 6.37. The van der Waals surface area contributed by atoms with Crippen LogP contribution in [0.4, 0.5) is 10.1 Å². The maximum Gasteiger partial charge on any atom is 0.123 e. The Kier molecular flexibility index (Phi) is 3.67. The molecule has 2 N–H and O–H groups in total. The number of aliphatic hydroxyl groups is 1. The molecule has 0 saturated heterocycles. The Bertz CT molecular complexity index is 708. The second-order valence-electron chi connectivity index (χ2n) is 4.57. The SMILES string of the molecule is OCC(Nc1ccc(F)cc1)c1csc2ccccc12. The number of rotatable bonds is 4. The molecule has 0 fully saturated rings. The van der Waals surface area contributed by atoms with Crippen molar-refractivity contribution in [1.82, 2.24) is 0 Å². The summed E-state index contributed by atoms with van der Waals surface area (Å²) in [4.78, 5) is 0. The number of benzene rings is 2. The van der Waals surface area contributed by atoms with Crippen LogP contribution in [0.3, 0.4) is 0 Å². The van der Waals surface area contributed by atoms with Crippen molar-refractivity contribution in [3.63, 3.8) is 0 Å². The molecule has 0 saturated carbocycles. The second-order valence-corrected chi connectivity index (χ2v) is 5.48. The standard InChI is InChI=1S/C16H14FNOS/c17-11-5-7-12(8-6-11)18-15(9-19)14-10-20-16-4-2-1-3-13(14)16/h1-8,10,15,18-19H,9H2. The number of aliphatic hydroxyl groups excluding tert-OH is 1. The van der Waals surface area contributed by atoms with E-state index < -0.39 is 0 Å². The topological polar surface area (TPSA) is 32.3 Å². The van der Waals surface area contributed by atoms with Crippen molar-refractivity contribution in [2.45, 2.75) is 6.04 Å². The Balaban J connectivity index is 1.91. The predicted molar refractivity (Wildman–Crippen MR) is 81.7 cm³/mol. The van der Waals surface area contributed by atoms with E-state index in [0.717, 1.165) is 16.6 Å². The van der Waals surface area contributed by atoms with Gasteiger partial charge in [0, 0.05) is 10.4 Å². The van der Waals surface area contributed by atoms with E-state index in [1.807, 2.05) is 12.1 Å². The molecule has 2 aromatic carbocycles. The minimum Gasteiger partial charge on any atom is -0.394 e. The Morgan fingerprint density at radius 2 is 1.85 bits per heavy atom. The zero-order valence-corrected chi connectivity index (χ0v) is 11.5. The van der Waals surface area contributed by atoms with E-state index in [2.05, 4.69) is 22.8 Å². The third kappa shape index (κ3) is 2.53. The number of fused-ring (bicyclic) bond motifs is 1. The van der Waals surface area contributed by atoms with E-state index in [1.165, 1.54) is 16.8 Å². The van der Waals surface area contributed by atoms with Crippen molar-refractivity contribution in [1.29, 1.82) is 0 Å². The van der Waals surface area contributed by atoms with Crippen LogP contribution in [0, 0.1) is 5.82 Å². The molecule has 0 spiro atoms. The summed E-state index contributed by atoms with van der Waals surface area (Å²) in [5, 5.41) is 16.1. The van der Waals surface area contributed by atoms with E-state index in [9.17, 15) is 9.50 Å². The molecule has 0 aliphatic rings. The molecule has 2 nitrogen and oxygen atoms in total. The van der Waals surface area contributed by atoms with E-state index in [1.54, 1.807) is 23.5 Å². The minimum absolute atomic E-state index is 0.0158. The fourth-order valence-corrected chi connectivity index (χ4v) is 3.25. The van der Waals surface area contributed by atoms with Gasteiger partial charge in [-0.1, -0.05) is 18.2 Å². The van der Waals surface area contributed by atoms with Gasteiger partial charge in [0.2, 0.25) is 0 Å². The number of halogens is 1. The first kappa shape index (κ1) is 13.1. The molecule has 20 heavy (non-hydrogen) atoms. The van der Waals surface area contributed by atoms with Crippen LogP contribution in [-0.2, 0) is 0 Å². The van der Waals surface area contributed by atoms with Gasteiger partial charge < -0.3 is 10.4 Å². The van der Waals surface area contributed by atoms with Crippen LogP contribution >= 0.6 is 11.3 Å². The van der Waals surface area contributed by atoms with Gasteiger partial charge in [-0.3, -0.25) is 0 Å². The lowest BCUT2D eigenvalue weighted by Crippen LogP contribution is -2.14. The predicted octanol–water partition coefficient (Wildman–Crippen LogP) is 4.19. The van der Waals surface area contributed by atoms with Gasteiger partial charge >= 0.3 is 0 Å². The van der Waals surface area contributed by atoms with Crippen molar-refractivity contribution in [3.8, 4) is 0 Å². The van der Waals surface area contributed by atoms with Gasteiger partial charge in [-0.25, -0.2) is 4.39 Å². The number of nitrogens with one attached hydrogen (secondary N) is 1. The third-order valence-corrected chi connectivity index (χ3v) is 4.24. The number of hydrogen-bond acceptors (Lipinski definition) is 3. The van der Waals surface area contributed by atoms with Crippen LogP contribution in [0.5, 0.6) is 0 Å². The van der Waals surface area contributed by atoms with Crippen molar-refractivity contribution in [3.05, 3.63) is 65.3 Å². The molecule has 4 heteroatoms. The molecule has 1 unspecified atom stereocenters. The lowest BCUT2D eigenvalue weighted by atomic mass is 10.1. The second kappa shape index (κ2) is 5.61. The van der Waals surface area contributed by atoms with Crippen LogP contribution in [0.1, 0.15) is 11.6 Å². The molecule has 3 rings (SSSR count). The first-order valence-corrected chi connectivity index (χ1v) is 7.25. The van der Waals surface area contributed by atoms with Gasteiger partial charge in [0.05, 0.1) is 12.6 Å². The normalized spacial score (nSPS) is 12.5. The molecule has 0 aliphatic heterocycles. The van der Waals surface area contributed by atoms with Crippen LogP contribution in [0.2, 0.25) is 0 Å². The zero-order valence-electron chi connectivity index (χ0n) is 10.7. The maximum atomic E-state index is 12.9. The van der Waals surface area contributed by atoms with Crippen molar-refractivity contribution in [2.75, 3.05) is 11.9 Å². The lowest BCUT2D eigenvalue weighted by Gasteiger charge is -2.17. The Hall–Kier alpha value is -1.91.